The standard InChI is InChI=1S/C10H13ClO/c1-6-4-7(2)9(10(11)12)8(3)5-6/h4-5,10,12H,1-3H3. The summed E-state index contributed by atoms with van der Waals surface area (Å²) in [5, 5.41) is 9.24. The van der Waals surface area contributed by atoms with E-state index in [4.69, 9.17) is 11.6 Å². The first kappa shape index (κ1) is 9.56. The number of benzene rings is 1. The van der Waals surface area contributed by atoms with Gasteiger partial charge in [0.25, 0.3) is 0 Å². The molecule has 1 aromatic rings. The molecule has 0 spiro atoms. The Kier molecular flexibility index (Phi) is 2.76. The van der Waals surface area contributed by atoms with Crippen LogP contribution in [-0.4, -0.2) is 5.11 Å². The van der Waals surface area contributed by atoms with Crippen LogP contribution >= 0.6 is 11.6 Å². The lowest BCUT2D eigenvalue weighted by molar-refractivity contribution is 0.261. The lowest BCUT2D eigenvalue weighted by Crippen LogP contribution is -1.97. The molecule has 0 aliphatic carbocycles. The second-order valence-electron chi connectivity index (χ2n) is 3.15. The van der Waals surface area contributed by atoms with Gasteiger partial charge in [-0.15, -0.1) is 0 Å². The molecule has 0 aliphatic heterocycles. The molecule has 0 saturated carbocycles. The van der Waals surface area contributed by atoms with Gasteiger partial charge in [0, 0.05) is 5.56 Å². The second kappa shape index (κ2) is 3.46. The normalized spacial score (nSPS) is 13.1. The predicted molar refractivity (Wildman–Crippen MR) is 51.5 cm³/mol. The van der Waals surface area contributed by atoms with Gasteiger partial charge in [0.1, 0.15) is 0 Å². The van der Waals surface area contributed by atoms with Crippen molar-refractivity contribution in [1.82, 2.24) is 0 Å². The lowest BCUT2D eigenvalue weighted by Gasteiger charge is -2.11. The molecule has 0 aromatic heterocycles. The van der Waals surface area contributed by atoms with Crippen LogP contribution in [0, 0.1) is 20.8 Å². The molecule has 0 amide bonds. The van der Waals surface area contributed by atoms with Crippen LogP contribution in [0.1, 0.15) is 27.8 Å². The summed E-state index contributed by atoms with van der Waals surface area (Å²) in [6.07, 6.45) is 0. The highest BCUT2D eigenvalue weighted by atomic mass is 35.5. The van der Waals surface area contributed by atoms with Crippen molar-refractivity contribution in [3.63, 3.8) is 0 Å². The number of aryl methyl sites for hydroxylation is 3. The molecule has 0 heterocycles. The number of aliphatic hydroxyl groups is 1. The van der Waals surface area contributed by atoms with Crippen LogP contribution in [0.4, 0.5) is 0 Å². The largest absolute Gasteiger partial charge is 0.373 e. The van der Waals surface area contributed by atoms with Crippen molar-refractivity contribution in [1.29, 1.82) is 0 Å². The first-order valence-electron chi connectivity index (χ1n) is 3.92. The van der Waals surface area contributed by atoms with E-state index in [0.717, 1.165) is 16.7 Å². The minimum absolute atomic E-state index is 0.835. The molecular weight excluding hydrogens is 172 g/mol. The molecule has 1 aromatic carbocycles. The summed E-state index contributed by atoms with van der Waals surface area (Å²) in [7, 11) is 0. The Hall–Kier alpha value is -0.530. The third-order valence-corrected chi connectivity index (χ3v) is 2.19. The molecule has 0 saturated heterocycles. The minimum atomic E-state index is -0.884. The van der Waals surface area contributed by atoms with E-state index in [1.54, 1.807) is 0 Å². The van der Waals surface area contributed by atoms with Crippen molar-refractivity contribution in [3.05, 3.63) is 34.4 Å². The highest BCUT2D eigenvalue weighted by Crippen LogP contribution is 2.25. The number of hydrogen-bond acceptors (Lipinski definition) is 1. The third kappa shape index (κ3) is 1.79. The fourth-order valence-corrected chi connectivity index (χ4v) is 1.91. The van der Waals surface area contributed by atoms with Crippen molar-refractivity contribution < 1.29 is 5.11 Å². The topological polar surface area (TPSA) is 20.2 Å². The van der Waals surface area contributed by atoms with Crippen LogP contribution in [0.3, 0.4) is 0 Å². The van der Waals surface area contributed by atoms with Crippen LogP contribution in [0.2, 0.25) is 0 Å². The van der Waals surface area contributed by atoms with Gasteiger partial charge in [-0.1, -0.05) is 29.3 Å². The predicted octanol–water partition coefficient (Wildman–Crippen LogP) is 2.84. The van der Waals surface area contributed by atoms with Gasteiger partial charge in [0.2, 0.25) is 0 Å². The molecule has 1 rings (SSSR count). The van der Waals surface area contributed by atoms with Crippen molar-refractivity contribution in [3.8, 4) is 0 Å². The molecule has 66 valence electrons. The van der Waals surface area contributed by atoms with Gasteiger partial charge >= 0.3 is 0 Å². The number of hydrogen-bond donors (Lipinski definition) is 1. The molecule has 0 fully saturated rings. The number of alkyl halides is 1. The SMILES string of the molecule is Cc1cc(C)c(C(O)Cl)c(C)c1. The summed E-state index contributed by atoms with van der Waals surface area (Å²) in [6, 6.07) is 4.04. The zero-order chi connectivity index (χ0) is 9.30. The third-order valence-electron chi connectivity index (χ3n) is 1.98. The van der Waals surface area contributed by atoms with E-state index in [0.29, 0.717) is 0 Å². The first-order chi connectivity index (χ1) is 5.52. The van der Waals surface area contributed by atoms with Gasteiger partial charge in [-0.25, -0.2) is 0 Å². The highest BCUT2D eigenvalue weighted by molar-refractivity contribution is 6.19. The van der Waals surface area contributed by atoms with E-state index in [-0.39, 0.29) is 0 Å². The van der Waals surface area contributed by atoms with Crippen LogP contribution in [0.25, 0.3) is 0 Å². The van der Waals surface area contributed by atoms with Gasteiger partial charge < -0.3 is 5.11 Å². The zero-order valence-corrected chi connectivity index (χ0v) is 8.31. The maximum absolute atomic E-state index is 9.24. The molecule has 0 aliphatic rings. The van der Waals surface area contributed by atoms with E-state index in [1.165, 1.54) is 5.56 Å². The van der Waals surface area contributed by atoms with Crippen LogP contribution in [-0.2, 0) is 0 Å². The van der Waals surface area contributed by atoms with Crippen LogP contribution in [0.5, 0.6) is 0 Å². The maximum Gasteiger partial charge on any atom is 0.154 e. The molecule has 1 N–H and O–H groups in total. The Balaban J connectivity index is 3.28. The monoisotopic (exact) mass is 184 g/mol. The second-order valence-corrected chi connectivity index (χ2v) is 3.56. The lowest BCUT2D eigenvalue weighted by atomic mass is 10.0. The summed E-state index contributed by atoms with van der Waals surface area (Å²) in [4.78, 5) is 0. The molecule has 12 heavy (non-hydrogen) atoms. The zero-order valence-electron chi connectivity index (χ0n) is 7.56. The summed E-state index contributed by atoms with van der Waals surface area (Å²) in [6.45, 7) is 5.95. The van der Waals surface area contributed by atoms with Gasteiger partial charge in [0.05, 0.1) is 0 Å². The molecule has 1 atom stereocenters. The van der Waals surface area contributed by atoms with Gasteiger partial charge in [0.15, 0.2) is 5.56 Å². The number of aliphatic hydroxyl groups excluding tert-OH is 1. The number of rotatable bonds is 1. The Morgan fingerprint density at radius 2 is 1.58 bits per heavy atom. The summed E-state index contributed by atoms with van der Waals surface area (Å²) < 4.78 is 0. The maximum atomic E-state index is 9.24. The molecule has 1 unspecified atom stereocenters. The highest BCUT2D eigenvalue weighted by Gasteiger charge is 2.09. The van der Waals surface area contributed by atoms with Gasteiger partial charge in [-0.3, -0.25) is 0 Å². The summed E-state index contributed by atoms with van der Waals surface area (Å²) >= 11 is 5.62. The van der Waals surface area contributed by atoms with Crippen molar-refractivity contribution >= 4 is 11.6 Å². The van der Waals surface area contributed by atoms with E-state index < -0.39 is 5.56 Å². The van der Waals surface area contributed by atoms with E-state index >= 15 is 0 Å². The van der Waals surface area contributed by atoms with Crippen molar-refractivity contribution in [2.24, 2.45) is 0 Å². The Bertz CT molecular complexity index is 269. The fourth-order valence-electron chi connectivity index (χ4n) is 1.57. The van der Waals surface area contributed by atoms with Gasteiger partial charge in [-0.05, 0) is 31.9 Å². The molecule has 0 bridgehead atoms. The van der Waals surface area contributed by atoms with Crippen molar-refractivity contribution in [2.75, 3.05) is 0 Å². The smallest absolute Gasteiger partial charge is 0.154 e. The average molecular weight is 185 g/mol. The summed E-state index contributed by atoms with van der Waals surface area (Å²) in [5.41, 5.74) is 3.25. The molecule has 1 nitrogen and oxygen atoms in total. The fraction of sp³-hybridized carbons (Fsp3) is 0.400. The van der Waals surface area contributed by atoms with E-state index in [1.807, 2.05) is 32.9 Å². The van der Waals surface area contributed by atoms with Gasteiger partial charge in [-0.2, -0.15) is 0 Å². The Morgan fingerprint density at radius 1 is 1.17 bits per heavy atom. The number of halogens is 1. The Labute approximate surface area is 78.0 Å². The molecule has 0 radical (unpaired) electrons. The minimum Gasteiger partial charge on any atom is -0.373 e. The quantitative estimate of drug-likeness (QED) is 0.666. The Morgan fingerprint density at radius 3 is 1.92 bits per heavy atom. The van der Waals surface area contributed by atoms with E-state index in [2.05, 4.69) is 0 Å². The molecule has 2 heteroatoms. The summed E-state index contributed by atoms with van der Waals surface area (Å²) in [5.74, 6) is 0. The molecular formula is C10H13ClO. The van der Waals surface area contributed by atoms with E-state index in [9.17, 15) is 5.11 Å². The first-order valence-corrected chi connectivity index (χ1v) is 4.36. The van der Waals surface area contributed by atoms with Crippen LogP contribution < -0.4 is 0 Å². The van der Waals surface area contributed by atoms with Crippen molar-refractivity contribution in [2.45, 2.75) is 26.3 Å². The van der Waals surface area contributed by atoms with Crippen LogP contribution in [0.15, 0.2) is 12.1 Å². The average Bonchev–Trinajstić information content (AvgIpc) is 1.82.